The first-order chi connectivity index (χ1) is 9.92. The second kappa shape index (κ2) is 6.89. The van der Waals surface area contributed by atoms with Crippen LogP contribution in [0.25, 0.3) is 0 Å². The molecule has 0 spiro atoms. The monoisotopic (exact) mass is 345 g/mol. The summed E-state index contributed by atoms with van der Waals surface area (Å²) in [4.78, 5) is 0. The van der Waals surface area contributed by atoms with E-state index in [4.69, 9.17) is 11.6 Å². The molecule has 1 aromatic heterocycles. The second-order valence-corrected chi connectivity index (χ2v) is 8.31. The number of hydrogen-bond acceptors (Lipinski definition) is 4. The lowest BCUT2D eigenvalue weighted by atomic mass is 10.1. The number of rotatable bonds is 6. The Morgan fingerprint density at radius 3 is 2.52 bits per heavy atom. The van der Waals surface area contributed by atoms with E-state index < -0.39 is 16.1 Å². The Balaban J connectivity index is 2.14. The maximum atomic E-state index is 12.3. The third-order valence-electron chi connectivity index (χ3n) is 2.97. The Bertz CT molecular complexity index is 679. The minimum Gasteiger partial charge on any atom is -0.395 e. The lowest BCUT2D eigenvalue weighted by molar-refractivity contribution is 0.256. The Morgan fingerprint density at radius 1 is 1.33 bits per heavy atom. The van der Waals surface area contributed by atoms with Gasteiger partial charge in [-0.3, -0.25) is 0 Å². The topological polar surface area (TPSA) is 66.4 Å². The number of aryl methyl sites for hydroxylation is 1. The molecule has 0 unspecified atom stereocenters. The molecule has 0 aliphatic rings. The normalized spacial score (nSPS) is 13.3. The summed E-state index contributed by atoms with van der Waals surface area (Å²) in [5, 5.41) is 9.41. The molecule has 0 aliphatic carbocycles. The van der Waals surface area contributed by atoms with E-state index >= 15 is 0 Å². The number of thiophene rings is 1. The average molecular weight is 346 g/mol. The van der Waals surface area contributed by atoms with Gasteiger partial charge < -0.3 is 5.11 Å². The first-order valence-electron chi connectivity index (χ1n) is 6.35. The van der Waals surface area contributed by atoms with Crippen molar-refractivity contribution >= 4 is 33.0 Å². The number of sulfonamides is 1. The summed E-state index contributed by atoms with van der Waals surface area (Å²) in [7, 11) is -3.67. The number of nitrogens with one attached hydrogen (secondary N) is 1. The van der Waals surface area contributed by atoms with Gasteiger partial charge in [0, 0.05) is 6.04 Å². The quantitative estimate of drug-likeness (QED) is 0.845. The maximum Gasteiger partial charge on any atom is 0.250 e. The van der Waals surface area contributed by atoms with Crippen molar-refractivity contribution in [1.29, 1.82) is 0 Å². The van der Waals surface area contributed by atoms with E-state index in [2.05, 4.69) is 4.72 Å². The first-order valence-corrected chi connectivity index (χ1v) is 9.03. The molecule has 114 valence electrons. The van der Waals surface area contributed by atoms with Crippen molar-refractivity contribution in [2.75, 3.05) is 6.61 Å². The van der Waals surface area contributed by atoms with Gasteiger partial charge in [-0.2, -0.15) is 0 Å². The van der Waals surface area contributed by atoms with Crippen LogP contribution in [0.5, 0.6) is 0 Å². The zero-order valence-electron chi connectivity index (χ0n) is 11.4. The molecule has 1 aromatic carbocycles. The Labute approximate surface area is 133 Å². The van der Waals surface area contributed by atoms with Gasteiger partial charge in [-0.15, -0.1) is 11.3 Å². The fraction of sp³-hybridized carbons (Fsp3) is 0.286. The van der Waals surface area contributed by atoms with Crippen LogP contribution in [0.2, 0.25) is 4.34 Å². The number of halogens is 1. The van der Waals surface area contributed by atoms with Gasteiger partial charge in [-0.25, -0.2) is 13.1 Å². The summed E-state index contributed by atoms with van der Waals surface area (Å²) in [6.45, 7) is 1.48. The Morgan fingerprint density at radius 2 is 2.00 bits per heavy atom. The molecule has 2 rings (SSSR count). The predicted molar refractivity (Wildman–Crippen MR) is 85.4 cm³/mol. The Kier molecular flexibility index (Phi) is 5.40. The van der Waals surface area contributed by atoms with Crippen LogP contribution in [0.3, 0.4) is 0 Å². The molecule has 0 saturated heterocycles. The summed E-state index contributed by atoms with van der Waals surface area (Å²) < 4.78 is 27.7. The molecular weight excluding hydrogens is 330 g/mol. The van der Waals surface area contributed by atoms with Gasteiger partial charge >= 0.3 is 0 Å². The lowest BCUT2D eigenvalue weighted by Crippen LogP contribution is -2.38. The zero-order valence-corrected chi connectivity index (χ0v) is 13.8. The van der Waals surface area contributed by atoms with Gasteiger partial charge in [0.15, 0.2) is 0 Å². The number of benzene rings is 1. The summed E-state index contributed by atoms with van der Waals surface area (Å²) in [5.41, 5.74) is 1.69. The molecule has 0 amide bonds. The highest BCUT2D eigenvalue weighted by Gasteiger charge is 2.22. The Hall–Kier alpha value is -0.920. The van der Waals surface area contributed by atoms with Crippen LogP contribution in [-0.2, 0) is 16.4 Å². The highest BCUT2D eigenvalue weighted by molar-refractivity contribution is 7.91. The van der Waals surface area contributed by atoms with E-state index in [1.54, 1.807) is 6.92 Å². The van der Waals surface area contributed by atoms with Gasteiger partial charge in [0.2, 0.25) is 10.0 Å². The summed E-state index contributed by atoms with van der Waals surface area (Å²) in [6, 6.07) is 10.4. The van der Waals surface area contributed by atoms with Crippen LogP contribution in [0, 0.1) is 6.92 Å². The molecule has 1 heterocycles. The van der Waals surface area contributed by atoms with Crippen LogP contribution < -0.4 is 4.72 Å². The third kappa shape index (κ3) is 4.28. The van der Waals surface area contributed by atoms with E-state index in [0.29, 0.717) is 10.8 Å². The van der Waals surface area contributed by atoms with Gasteiger partial charge in [0.1, 0.15) is 4.21 Å². The average Bonchev–Trinajstić information content (AvgIpc) is 2.80. The molecule has 0 fully saturated rings. The summed E-state index contributed by atoms with van der Waals surface area (Å²) >= 11 is 6.93. The maximum absolute atomic E-state index is 12.3. The number of aliphatic hydroxyl groups excluding tert-OH is 1. The van der Waals surface area contributed by atoms with Crippen LogP contribution in [0.15, 0.2) is 40.6 Å². The molecule has 0 bridgehead atoms. The van der Waals surface area contributed by atoms with E-state index in [1.807, 2.05) is 30.3 Å². The van der Waals surface area contributed by atoms with Crippen molar-refractivity contribution in [3.63, 3.8) is 0 Å². The lowest BCUT2D eigenvalue weighted by Gasteiger charge is -2.15. The van der Waals surface area contributed by atoms with Crippen LogP contribution >= 0.6 is 22.9 Å². The summed E-state index contributed by atoms with van der Waals surface area (Å²) in [5.74, 6) is 0. The predicted octanol–water partition coefficient (Wildman–Crippen LogP) is 2.59. The molecular formula is C14H16ClNO3S2. The van der Waals surface area contributed by atoms with Crippen molar-refractivity contribution in [2.24, 2.45) is 0 Å². The molecule has 1 atom stereocenters. The molecule has 0 aliphatic heterocycles. The van der Waals surface area contributed by atoms with Crippen molar-refractivity contribution in [1.82, 2.24) is 4.72 Å². The highest BCUT2D eigenvalue weighted by Crippen LogP contribution is 2.30. The van der Waals surface area contributed by atoms with Crippen LogP contribution in [0.4, 0.5) is 0 Å². The third-order valence-corrected chi connectivity index (χ3v) is 6.52. The fourth-order valence-corrected chi connectivity index (χ4v) is 4.84. The van der Waals surface area contributed by atoms with Crippen molar-refractivity contribution in [3.05, 3.63) is 51.9 Å². The highest BCUT2D eigenvalue weighted by atomic mass is 35.5. The molecule has 0 saturated carbocycles. The molecule has 21 heavy (non-hydrogen) atoms. The number of aliphatic hydroxyl groups is 1. The van der Waals surface area contributed by atoms with Gasteiger partial charge in [-0.05, 0) is 30.5 Å². The minimum absolute atomic E-state index is 0.163. The van der Waals surface area contributed by atoms with Crippen molar-refractivity contribution in [2.45, 2.75) is 23.6 Å². The van der Waals surface area contributed by atoms with E-state index in [9.17, 15) is 13.5 Å². The fourth-order valence-electron chi connectivity index (χ4n) is 1.88. The number of hydrogen-bond donors (Lipinski definition) is 2. The molecule has 7 heteroatoms. The first kappa shape index (κ1) is 16.5. The van der Waals surface area contributed by atoms with E-state index in [0.717, 1.165) is 22.5 Å². The molecule has 0 radical (unpaired) electrons. The van der Waals surface area contributed by atoms with Crippen molar-refractivity contribution in [3.8, 4) is 0 Å². The summed E-state index contributed by atoms with van der Waals surface area (Å²) in [6.07, 6.45) is 0.425. The van der Waals surface area contributed by atoms with E-state index in [-0.39, 0.29) is 10.8 Å². The zero-order chi connectivity index (χ0) is 15.5. The molecule has 4 nitrogen and oxygen atoms in total. The van der Waals surface area contributed by atoms with Crippen LogP contribution in [0.1, 0.15) is 11.1 Å². The van der Waals surface area contributed by atoms with Crippen LogP contribution in [-0.4, -0.2) is 26.2 Å². The van der Waals surface area contributed by atoms with E-state index in [1.165, 1.54) is 6.07 Å². The second-order valence-electron chi connectivity index (χ2n) is 4.71. The molecule has 2 aromatic rings. The van der Waals surface area contributed by atoms with Gasteiger partial charge in [-0.1, -0.05) is 41.9 Å². The molecule has 2 N–H and O–H groups in total. The standard InChI is InChI=1S/C14H16ClNO3S2/c1-10-7-13(20-14(10)15)21(18,19)16-12(9-17)8-11-5-3-2-4-6-11/h2-7,12,16-17H,8-9H2,1H3/t12-/m0/s1. The van der Waals surface area contributed by atoms with Gasteiger partial charge in [0.05, 0.1) is 10.9 Å². The smallest absolute Gasteiger partial charge is 0.250 e. The largest absolute Gasteiger partial charge is 0.395 e. The minimum atomic E-state index is -3.67. The van der Waals surface area contributed by atoms with Gasteiger partial charge in [0.25, 0.3) is 0 Å². The SMILES string of the molecule is Cc1cc(S(=O)(=O)N[C@H](CO)Cc2ccccc2)sc1Cl. The van der Waals surface area contributed by atoms with Crippen molar-refractivity contribution < 1.29 is 13.5 Å².